The number of carbonyl (C=O) groups is 1. The summed E-state index contributed by atoms with van der Waals surface area (Å²) in [5, 5.41) is 5.76. The summed E-state index contributed by atoms with van der Waals surface area (Å²) in [6, 6.07) is 11.0. The molecule has 0 saturated heterocycles. The third kappa shape index (κ3) is 2.23. The fourth-order valence-electron chi connectivity index (χ4n) is 1.42. The van der Waals surface area contributed by atoms with Gasteiger partial charge < -0.3 is 15.6 Å². The monoisotopic (exact) mass is 215 g/mol. The van der Waals surface area contributed by atoms with Crippen LogP contribution >= 0.6 is 0 Å². The van der Waals surface area contributed by atoms with E-state index < -0.39 is 0 Å². The number of hydrogen-bond acceptors (Lipinski definition) is 2. The molecule has 0 bridgehead atoms. The predicted molar refractivity (Wildman–Crippen MR) is 64.7 cm³/mol. The van der Waals surface area contributed by atoms with Crippen LogP contribution in [-0.2, 0) is 0 Å². The van der Waals surface area contributed by atoms with Crippen LogP contribution in [-0.4, -0.2) is 17.9 Å². The van der Waals surface area contributed by atoms with E-state index in [1.54, 1.807) is 24.4 Å². The zero-order valence-electron chi connectivity index (χ0n) is 8.95. The lowest BCUT2D eigenvalue weighted by Gasteiger charge is -2.05. The van der Waals surface area contributed by atoms with Crippen molar-refractivity contribution in [2.45, 2.75) is 0 Å². The first kappa shape index (κ1) is 10.3. The van der Waals surface area contributed by atoms with Crippen LogP contribution in [0.25, 0.3) is 0 Å². The van der Waals surface area contributed by atoms with Gasteiger partial charge in [-0.1, -0.05) is 6.07 Å². The summed E-state index contributed by atoms with van der Waals surface area (Å²) in [7, 11) is 1.82. The molecule has 1 aromatic carbocycles. The average Bonchev–Trinajstić information content (AvgIpc) is 2.82. The number of amides is 1. The van der Waals surface area contributed by atoms with Gasteiger partial charge in [-0.3, -0.25) is 4.79 Å². The molecule has 0 radical (unpaired) electrons. The lowest BCUT2D eigenvalue weighted by molar-refractivity contribution is 0.102. The summed E-state index contributed by atoms with van der Waals surface area (Å²) in [6.07, 6.45) is 1.76. The molecule has 0 atom stereocenters. The van der Waals surface area contributed by atoms with Crippen LogP contribution in [0.1, 0.15) is 10.4 Å². The number of H-pyrrole nitrogens is 1. The Morgan fingerprint density at radius 1 is 1.25 bits per heavy atom. The molecule has 3 N–H and O–H groups in total. The van der Waals surface area contributed by atoms with E-state index in [0.29, 0.717) is 11.4 Å². The summed E-state index contributed by atoms with van der Waals surface area (Å²) >= 11 is 0. The van der Waals surface area contributed by atoms with Crippen LogP contribution in [0.15, 0.2) is 42.6 Å². The molecule has 1 heterocycles. The molecule has 0 fully saturated rings. The van der Waals surface area contributed by atoms with Crippen LogP contribution in [0.3, 0.4) is 0 Å². The SMILES string of the molecule is CNc1cccc(C(=O)Nc2ccc[nH]2)c1. The standard InChI is InChI=1S/C12H13N3O/c1-13-10-5-2-4-9(8-10)12(16)15-11-6-3-7-14-11/h2-8,13-14H,1H3,(H,15,16). The molecule has 1 aromatic heterocycles. The first-order valence-corrected chi connectivity index (χ1v) is 5.02. The third-order valence-corrected chi connectivity index (χ3v) is 2.26. The number of anilines is 2. The highest BCUT2D eigenvalue weighted by atomic mass is 16.1. The molecule has 0 unspecified atom stereocenters. The van der Waals surface area contributed by atoms with Gasteiger partial charge in [-0.15, -0.1) is 0 Å². The molecular formula is C12H13N3O. The van der Waals surface area contributed by atoms with E-state index in [1.807, 2.05) is 25.2 Å². The summed E-state index contributed by atoms with van der Waals surface area (Å²) < 4.78 is 0. The first-order valence-electron chi connectivity index (χ1n) is 5.02. The number of nitrogens with one attached hydrogen (secondary N) is 3. The van der Waals surface area contributed by atoms with Gasteiger partial charge >= 0.3 is 0 Å². The molecule has 82 valence electrons. The number of carbonyl (C=O) groups excluding carboxylic acids is 1. The Balaban J connectivity index is 2.14. The second-order valence-electron chi connectivity index (χ2n) is 3.37. The van der Waals surface area contributed by atoms with Crippen LogP contribution in [0, 0.1) is 0 Å². The molecule has 4 heteroatoms. The Bertz CT molecular complexity index is 477. The summed E-state index contributed by atoms with van der Waals surface area (Å²) in [5.41, 5.74) is 1.54. The molecule has 1 amide bonds. The normalized spacial score (nSPS) is 9.81. The number of hydrogen-bond donors (Lipinski definition) is 3. The van der Waals surface area contributed by atoms with Crippen molar-refractivity contribution in [3.8, 4) is 0 Å². The Morgan fingerprint density at radius 2 is 2.12 bits per heavy atom. The molecule has 4 nitrogen and oxygen atoms in total. The van der Waals surface area contributed by atoms with Crippen molar-refractivity contribution in [3.63, 3.8) is 0 Å². The molecule has 0 spiro atoms. The van der Waals surface area contributed by atoms with E-state index in [-0.39, 0.29) is 5.91 Å². The van der Waals surface area contributed by atoms with Crippen molar-refractivity contribution in [3.05, 3.63) is 48.2 Å². The van der Waals surface area contributed by atoms with Crippen molar-refractivity contribution in [2.24, 2.45) is 0 Å². The largest absolute Gasteiger partial charge is 0.388 e. The Labute approximate surface area is 93.7 Å². The molecule has 0 aliphatic carbocycles. The maximum Gasteiger partial charge on any atom is 0.256 e. The zero-order valence-corrected chi connectivity index (χ0v) is 8.95. The molecule has 0 saturated carbocycles. The smallest absolute Gasteiger partial charge is 0.256 e. The Morgan fingerprint density at radius 3 is 2.81 bits per heavy atom. The molecule has 16 heavy (non-hydrogen) atoms. The van der Waals surface area contributed by atoms with Crippen molar-refractivity contribution >= 4 is 17.4 Å². The van der Waals surface area contributed by atoms with Crippen LogP contribution in [0.5, 0.6) is 0 Å². The quantitative estimate of drug-likeness (QED) is 0.735. The van der Waals surface area contributed by atoms with Gasteiger partial charge in [-0.25, -0.2) is 0 Å². The van der Waals surface area contributed by atoms with Gasteiger partial charge in [0.15, 0.2) is 0 Å². The summed E-state index contributed by atoms with van der Waals surface area (Å²) in [5.74, 6) is 0.569. The third-order valence-electron chi connectivity index (χ3n) is 2.26. The van der Waals surface area contributed by atoms with Gasteiger partial charge in [0.1, 0.15) is 5.82 Å². The minimum Gasteiger partial charge on any atom is -0.388 e. The second-order valence-corrected chi connectivity index (χ2v) is 3.37. The Hall–Kier alpha value is -2.23. The maximum absolute atomic E-state index is 11.8. The lowest BCUT2D eigenvalue weighted by Crippen LogP contribution is -2.12. The fourth-order valence-corrected chi connectivity index (χ4v) is 1.42. The summed E-state index contributed by atoms with van der Waals surface area (Å²) in [4.78, 5) is 14.7. The average molecular weight is 215 g/mol. The number of aromatic amines is 1. The topological polar surface area (TPSA) is 56.9 Å². The van der Waals surface area contributed by atoms with Gasteiger partial charge in [-0.05, 0) is 30.3 Å². The van der Waals surface area contributed by atoms with E-state index in [9.17, 15) is 4.79 Å². The van der Waals surface area contributed by atoms with Gasteiger partial charge in [0.05, 0.1) is 0 Å². The minimum atomic E-state index is -0.125. The van der Waals surface area contributed by atoms with E-state index in [4.69, 9.17) is 0 Å². The van der Waals surface area contributed by atoms with Crippen LogP contribution in [0.4, 0.5) is 11.5 Å². The van der Waals surface area contributed by atoms with E-state index in [0.717, 1.165) is 5.69 Å². The molecule has 0 aliphatic heterocycles. The highest BCUT2D eigenvalue weighted by Gasteiger charge is 2.06. The summed E-state index contributed by atoms with van der Waals surface area (Å²) in [6.45, 7) is 0. The first-order chi connectivity index (χ1) is 7.79. The van der Waals surface area contributed by atoms with Crippen LogP contribution in [0.2, 0.25) is 0 Å². The van der Waals surface area contributed by atoms with E-state index in [1.165, 1.54) is 0 Å². The van der Waals surface area contributed by atoms with Crippen molar-refractivity contribution in [1.29, 1.82) is 0 Å². The number of rotatable bonds is 3. The molecular weight excluding hydrogens is 202 g/mol. The van der Waals surface area contributed by atoms with Gasteiger partial charge in [0.25, 0.3) is 5.91 Å². The maximum atomic E-state index is 11.8. The minimum absolute atomic E-state index is 0.125. The fraction of sp³-hybridized carbons (Fsp3) is 0.0833. The molecule has 2 aromatic rings. The van der Waals surface area contributed by atoms with Crippen molar-refractivity contribution in [1.82, 2.24) is 4.98 Å². The Kier molecular flexibility index (Phi) is 2.91. The number of aromatic nitrogens is 1. The number of benzene rings is 1. The van der Waals surface area contributed by atoms with Crippen molar-refractivity contribution in [2.75, 3.05) is 17.7 Å². The zero-order chi connectivity index (χ0) is 11.4. The van der Waals surface area contributed by atoms with Crippen LogP contribution < -0.4 is 10.6 Å². The lowest BCUT2D eigenvalue weighted by atomic mass is 10.2. The van der Waals surface area contributed by atoms with Gasteiger partial charge in [0.2, 0.25) is 0 Å². The molecule has 2 rings (SSSR count). The highest BCUT2D eigenvalue weighted by Crippen LogP contribution is 2.11. The second kappa shape index (κ2) is 4.53. The van der Waals surface area contributed by atoms with Gasteiger partial charge in [0, 0.05) is 24.5 Å². The van der Waals surface area contributed by atoms with E-state index in [2.05, 4.69) is 15.6 Å². The highest BCUT2D eigenvalue weighted by molar-refractivity contribution is 6.04. The predicted octanol–water partition coefficient (Wildman–Crippen LogP) is 2.31. The molecule has 0 aliphatic rings. The van der Waals surface area contributed by atoms with E-state index >= 15 is 0 Å². The van der Waals surface area contributed by atoms with Gasteiger partial charge in [-0.2, -0.15) is 0 Å². The van der Waals surface area contributed by atoms with Crippen molar-refractivity contribution < 1.29 is 4.79 Å².